The molecule has 0 aromatic heterocycles. The van der Waals surface area contributed by atoms with Crippen molar-refractivity contribution in [3.05, 3.63) is 0 Å². The van der Waals surface area contributed by atoms with Crippen molar-refractivity contribution in [3.63, 3.8) is 0 Å². The zero-order chi connectivity index (χ0) is 7.78. The molecule has 2 atom stereocenters. The van der Waals surface area contributed by atoms with Gasteiger partial charge in [-0.05, 0) is 18.8 Å². The molecule has 0 radical (unpaired) electrons. The predicted molar refractivity (Wildman–Crippen MR) is 40.6 cm³/mol. The fraction of sp³-hybridized carbons (Fsp3) is 0.875. The van der Waals surface area contributed by atoms with Crippen LogP contribution in [0.4, 0.5) is 0 Å². The smallest absolute Gasteiger partial charge is 0.152 e. The van der Waals surface area contributed by atoms with Gasteiger partial charge in [0.2, 0.25) is 0 Å². The molecule has 0 amide bonds. The van der Waals surface area contributed by atoms with Crippen molar-refractivity contribution >= 4 is 5.78 Å². The van der Waals surface area contributed by atoms with Crippen molar-refractivity contribution in [1.82, 2.24) is 0 Å². The van der Waals surface area contributed by atoms with E-state index in [-0.39, 0.29) is 17.7 Å². The number of Topliss-reactive ketones (excluding diaryl/α,β-unsaturated/α-hetero) is 1. The van der Waals surface area contributed by atoms with Crippen LogP contribution in [0.25, 0.3) is 0 Å². The number of carbonyl (C=O) groups is 1. The molecule has 0 bridgehead atoms. The molecule has 1 rings (SSSR count). The van der Waals surface area contributed by atoms with Crippen molar-refractivity contribution in [1.29, 1.82) is 0 Å². The number of rotatable bonds is 3. The summed E-state index contributed by atoms with van der Waals surface area (Å²) in [6, 6.07) is 0. The normalized spacial score (nSPS) is 37.7. The van der Waals surface area contributed by atoms with E-state index < -0.39 is 0 Å². The summed E-state index contributed by atoms with van der Waals surface area (Å²) < 4.78 is 0. The largest absolute Gasteiger partial charge is 0.324 e. The van der Waals surface area contributed by atoms with E-state index in [9.17, 15) is 4.79 Å². The van der Waals surface area contributed by atoms with E-state index in [0.29, 0.717) is 5.92 Å². The van der Waals surface area contributed by atoms with Gasteiger partial charge >= 0.3 is 0 Å². The SMILES string of the molecule is CCC1(C(=O)CN)CC1C. The first-order chi connectivity index (χ1) is 4.67. The van der Waals surface area contributed by atoms with Crippen LogP contribution in [0.3, 0.4) is 0 Å². The third-order valence-electron chi connectivity index (χ3n) is 2.83. The lowest BCUT2D eigenvalue weighted by Gasteiger charge is -2.09. The van der Waals surface area contributed by atoms with Crippen LogP contribution in [0, 0.1) is 11.3 Å². The second-order valence-corrected chi connectivity index (χ2v) is 3.24. The molecule has 1 fully saturated rings. The number of nitrogens with two attached hydrogens (primary N) is 1. The van der Waals surface area contributed by atoms with E-state index >= 15 is 0 Å². The average molecular weight is 141 g/mol. The zero-order valence-corrected chi connectivity index (χ0v) is 6.68. The van der Waals surface area contributed by atoms with E-state index in [1.165, 1.54) is 0 Å². The molecule has 0 aliphatic heterocycles. The minimum atomic E-state index is -0.00521. The first kappa shape index (κ1) is 7.73. The highest BCUT2D eigenvalue weighted by Gasteiger charge is 2.54. The van der Waals surface area contributed by atoms with Gasteiger partial charge in [0.1, 0.15) is 0 Å². The fourth-order valence-corrected chi connectivity index (χ4v) is 1.77. The minimum absolute atomic E-state index is 0.00521. The summed E-state index contributed by atoms with van der Waals surface area (Å²) in [7, 11) is 0. The number of carbonyl (C=O) groups excluding carboxylic acids is 1. The van der Waals surface area contributed by atoms with Crippen molar-refractivity contribution in [2.75, 3.05) is 6.54 Å². The quantitative estimate of drug-likeness (QED) is 0.636. The van der Waals surface area contributed by atoms with E-state index in [1.54, 1.807) is 0 Å². The third-order valence-corrected chi connectivity index (χ3v) is 2.83. The molecule has 2 heteroatoms. The van der Waals surface area contributed by atoms with E-state index in [2.05, 4.69) is 13.8 Å². The molecule has 10 heavy (non-hydrogen) atoms. The molecule has 2 nitrogen and oxygen atoms in total. The Morgan fingerprint density at radius 3 is 2.40 bits per heavy atom. The molecule has 0 saturated heterocycles. The first-order valence-electron chi connectivity index (χ1n) is 3.90. The van der Waals surface area contributed by atoms with Gasteiger partial charge in [-0.25, -0.2) is 0 Å². The van der Waals surface area contributed by atoms with Gasteiger partial charge in [-0.15, -0.1) is 0 Å². The topological polar surface area (TPSA) is 43.1 Å². The van der Waals surface area contributed by atoms with E-state index in [0.717, 1.165) is 12.8 Å². The summed E-state index contributed by atoms with van der Waals surface area (Å²) in [6.45, 7) is 4.41. The number of ketones is 1. The highest BCUT2D eigenvalue weighted by atomic mass is 16.1. The molecule has 1 aliphatic carbocycles. The van der Waals surface area contributed by atoms with Crippen LogP contribution in [0.1, 0.15) is 26.7 Å². The van der Waals surface area contributed by atoms with Gasteiger partial charge in [-0.1, -0.05) is 13.8 Å². The molecule has 1 aliphatic rings. The molecule has 2 unspecified atom stereocenters. The van der Waals surface area contributed by atoms with Gasteiger partial charge in [0, 0.05) is 5.41 Å². The molecule has 2 N–H and O–H groups in total. The highest BCUT2D eigenvalue weighted by Crippen LogP contribution is 2.55. The van der Waals surface area contributed by atoms with E-state index in [4.69, 9.17) is 5.73 Å². The molecule has 0 aromatic carbocycles. The van der Waals surface area contributed by atoms with Crippen LogP contribution < -0.4 is 5.73 Å². The van der Waals surface area contributed by atoms with Gasteiger partial charge in [0.15, 0.2) is 5.78 Å². The van der Waals surface area contributed by atoms with Gasteiger partial charge in [-0.3, -0.25) is 4.79 Å². The maximum absolute atomic E-state index is 11.2. The van der Waals surface area contributed by atoms with Crippen LogP contribution in [0.5, 0.6) is 0 Å². The van der Waals surface area contributed by atoms with Crippen LogP contribution in [0.15, 0.2) is 0 Å². The maximum Gasteiger partial charge on any atom is 0.152 e. The first-order valence-corrected chi connectivity index (χ1v) is 3.90. The lowest BCUT2D eigenvalue weighted by molar-refractivity contribution is -0.123. The highest BCUT2D eigenvalue weighted by molar-refractivity contribution is 5.89. The van der Waals surface area contributed by atoms with Crippen LogP contribution in [-0.4, -0.2) is 12.3 Å². The third kappa shape index (κ3) is 0.870. The Morgan fingerprint density at radius 2 is 2.30 bits per heavy atom. The molecule has 58 valence electrons. The molecule has 0 aromatic rings. The van der Waals surface area contributed by atoms with Gasteiger partial charge in [0.05, 0.1) is 6.54 Å². The lowest BCUT2D eigenvalue weighted by Crippen LogP contribution is -2.25. The Labute approximate surface area is 61.8 Å². The van der Waals surface area contributed by atoms with Gasteiger partial charge in [-0.2, -0.15) is 0 Å². The van der Waals surface area contributed by atoms with Crippen molar-refractivity contribution in [2.45, 2.75) is 26.7 Å². The molecular weight excluding hydrogens is 126 g/mol. The van der Waals surface area contributed by atoms with Crippen molar-refractivity contribution < 1.29 is 4.79 Å². The zero-order valence-electron chi connectivity index (χ0n) is 6.68. The standard InChI is InChI=1S/C8H15NO/c1-3-8(4-6(8)2)7(10)5-9/h6H,3-5,9H2,1-2H3. The Kier molecular flexibility index (Phi) is 1.82. The van der Waals surface area contributed by atoms with Crippen molar-refractivity contribution in [3.8, 4) is 0 Å². The Bertz CT molecular complexity index is 151. The molecular formula is C8H15NO. The minimum Gasteiger partial charge on any atom is -0.324 e. The number of hydrogen-bond acceptors (Lipinski definition) is 2. The molecule has 0 spiro atoms. The van der Waals surface area contributed by atoms with Gasteiger partial charge < -0.3 is 5.73 Å². The average Bonchev–Trinajstić information content (AvgIpc) is 2.61. The summed E-state index contributed by atoms with van der Waals surface area (Å²) in [5, 5.41) is 0. The summed E-state index contributed by atoms with van der Waals surface area (Å²) >= 11 is 0. The Balaban J connectivity index is 2.60. The van der Waals surface area contributed by atoms with Crippen LogP contribution in [-0.2, 0) is 4.79 Å². The summed E-state index contributed by atoms with van der Waals surface area (Å²) in [5.74, 6) is 0.830. The molecule has 0 heterocycles. The lowest BCUT2D eigenvalue weighted by atomic mass is 9.95. The Hall–Kier alpha value is -0.370. The predicted octanol–water partition coefficient (Wildman–Crippen LogP) is 0.950. The monoisotopic (exact) mass is 141 g/mol. The second kappa shape index (κ2) is 2.35. The summed E-state index contributed by atoms with van der Waals surface area (Å²) in [5.41, 5.74) is 5.28. The summed E-state index contributed by atoms with van der Waals surface area (Å²) in [4.78, 5) is 11.2. The van der Waals surface area contributed by atoms with Crippen molar-refractivity contribution in [2.24, 2.45) is 17.1 Å². The summed E-state index contributed by atoms with van der Waals surface area (Å²) in [6.07, 6.45) is 2.02. The number of hydrogen-bond donors (Lipinski definition) is 1. The second-order valence-electron chi connectivity index (χ2n) is 3.24. The fourth-order valence-electron chi connectivity index (χ4n) is 1.77. The molecule has 1 saturated carbocycles. The van der Waals surface area contributed by atoms with Gasteiger partial charge in [0.25, 0.3) is 0 Å². The maximum atomic E-state index is 11.2. The van der Waals surface area contributed by atoms with E-state index in [1.807, 2.05) is 0 Å². The van der Waals surface area contributed by atoms with Crippen LogP contribution >= 0.6 is 0 Å². The van der Waals surface area contributed by atoms with Crippen LogP contribution in [0.2, 0.25) is 0 Å². The Morgan fingerprint density at radius 1 is 1.80 bits per heavy atom.